The Balaban J connectivity index is 2.57. The predicted octanol–water partition coefficient (Wildman–Crippen LogP) is 0.152. The van der Waals surface area contributed by atoms with Crippen LogP contribution in [-0.4, -0.2) is 44.5 Å². The molecule has 16 heavy (non-hydrogen) atoms. The summed E-state index contributed by atoms with van der Waals surface area (Å²) in [5.41, 5.74) is 1.17. The van der Waals surface area contributed by atoms with Gasteiger partial charge in [0.2, 0.25) is 0 Å². The molecule has 0 amide bonds. The zero-order valence-corrected chi connectivity index (χ0v) is 9.42. The zero-order chi connectivity index (χ0) is 11.7. The minimum Gasteiger partial charge on any atom is -0.366 e. The van der Waals surface area contributed by atoms with Crippen molar-refractivity contribution in [3.8, 4) is 0 Å². The number of nitrogen functional groups attached to an aromatic ring is 1. The lowest BCUT2D eigenvalue weighted by atomic mass is 10.5. The van der Waals surface area contributed by atoms with Crippen LogP contribution in [0.5, 0.6) is 0 Å². The van der Waals surface area contributed by atoms with Gasteiger partial charge in [-0.05, 0) is 6.92 Å². The second-order valence-electron chi connectivity index (χ2n) is 3.57. The lowest BCUT2D eigenvalue weighted by Crippen LogP contribution is -2.17. The Morgan fingerprint density at radius 1 is 1.38 bits per heavy atom. The highest BCUT2D eigenvalue weighted by Crippen LogP contribution is 2.18. The third-order valence-electron chi connectivity index (χ3n) is 2.25. The molecule has 84 valence electrons. The van der Waals surface area contributed by atoms with E-state index in [-0.39, 0.29) is 0 Å². The molecule has 0 unspecified atom stereocenters. The number of rotatable bonds is 1. The summed E-state index contributed by atoms with van der Waals surface area (Å²) in [7, 11) is 3.83. The smallest absolute Gasteiger partial charge is 0.185 e. The number of hydrogen-bond donors (Lipinski definition) is 1. The van der Waals surface area contributed by atoms with Gasteiger partial charge in [-0.1, -0.05) is 0 Å². The molecule has 2 aromatic rings. The van der Waals surface area contributed by atoms with Gasteiger partial charge >= 0.3 is 0 Å². The molecule has 0 atom stereocenters. The van der Waals surface area contributed by atoms with Gasteiger partial charge in [-0.25, -0.2) is 24.6 Å². The maximum atomic E-state index is 5.64. The fourth-order valence-electron chi connectivity index (χ4n) is 1.17. The average molecular weight is 219 g/mol. The van der Waals surface area contributed by atoms with E-state index in [9.17, 15) is 0 Å². The first kappa shape index (κ1) is 10.3. The first-order chi connectivity index (χ1) is 7.59. The monoisotopic (exact) mass is 219 g/mol. The first-order valence-electron chi connectivity index (χ1n) is 4.75. The van der Waals surface area contributed by atoms with Gasteiger partial charge in [0, 0.05) is 14.1 Å². The molecule has 0 aliphatic rings. The Morgan fingerprint density at radius 2 is 2.12 bits per heavy atom. The van der Waals surface area contributed by atoms with Crippen molar-refractivity contribution in [2.24, 2.45) is 4.99 Å². The van der Waals surface area contributed by atoms with Crippen LogP contribution < -0.4 is 5.84 Å². The first-order valence-corrected chi connectivity index (χ1v) is 4.75. The number of fused-ring (bicyclic) bond motifs is 1. The summed E-state index contributed by atoms with van der Waals surface area (Å²) >= 11 is 0. The fourth-order valence-corrected chi connectivity index (χ4v) is 1.17. The van der Waals surface area contributed by atoms with Gasteiger partial charge in [0.25, 0.3) is 0 Å². The van der Waals surface area contributed by atoms with E-state index < -0.39 is 0 Å². The molecular formula is C9H13N7. The van der Waals surface area contributed by atoms with E-state index in [0.717, 1.165) is 5.84 Å². The van der Waals surface area contributed by atoms with E-state index in [1.165, 1.54) is 17.3 Å². The molecule has 0 saturated carbocycles. The Bertz CT molecular complexity index is 540. The van der Waals surface area contributed by atoms with Gasteiger partial charge in [0.05, 0.1) is 0 Å². The molecule has 0 aliphatic carbocycles. The summed E-state index contributed by atoms with van der Waals surface area (Å²) in [6.07, 6.45) is 2.92. The molecule has 2 N–H and O–H groups in total. The van der Waals surface area contributed by atoms with Gasteiger partial charge in [0.1, 0.15) is 18.5 Å². The van der Waals surface area contributed by atoms with Crippen LogP contribution >= 0.6 is 0 Å². The van der Waals surface area contributed by atoms with Crippen molar-refractivity contribution in [1.82, 2.24) is 24.5 Å². The lowest BCUT2D eigenvalue weighted by Gasteiger charge is -2.10. The van der Waals surface area contributed by atoms with Gasteiger partial charge < -0.3 is 10.7 Å². The Morgan fingerprint density at radius 3 is 2.81 bits per heavy atom. The standard InChI is InChI=1S/C9H13N7/c1-6(15(2)3)14-8-7-9(12-4-11-8)16(10)5-13-7/h4-5H,10H2,1-3H3. The summed E-state index contributed by atoms with van der Waals surface area (Å²) in [4.78, 5) is 18.5. The van der Waals surface area contributed by atoms with Crippen molar-refractivity contribution >= 4 is 22.8 Å². The zero-order valence-electron chi connectivity index (χ0n) is 9.42. The van der Waals surface area contributed by atoms with Crippen molar-refractivity contribution in [2.45, 2.75) is 6.92 Å². The maximum Gasteiger partial charge on any atom is 0.185 e. The number of nitrogens with zero attached hydrogens (tertiary/aromatic N) is 6. The summed E-state index contributed by atoms with van der Waals surface area (Å²) < 4.78 is 1.35. The topological polar surface area (TPSA) is 85.2 Å². The molecule has 2 aromatic heterocycles. The van der Waals surface area contributed by atoms with Crippen LogP contribution in [0.1, 0.15) is 6.92 Å². The average Bonchev–Trinajstić information content (AvgIpc) is 2.62. The normalized spacial score (nSPS) is 12.1. The van der Waals surface area contributed by atoms with E-state index in [1.54, 1.807) is 0 Å². The molecule has 0 spiro atoms. The van der Waals surface area contributed by atoms with Crippen molar-refractivity contribution in [3.63, 3.8) is 0 Å². The van der Waals surface area contributed by atoms with E-state index >= 15 is 0 Å². The molecule has 0 saturated heterocycles. The molecule has 0 radical (unpaired) electrons. The van der Waals surface area contributed by atoms with Crippen molar-refractivity contribution in [1.29, 1.82) is 0 Å². The number of hydrogen-bond acceptors (Lipinski definition) is 5. The largest absolute Gasteiger partial charge is 0.366 e. The van der Waals surface area contributed by atoms with Gasteiger partial charge in [-0.15, -0.1) is 0 Å². The van der Waals surface area contributed by atoms with E-state index in [1.807, 2.05) is 25.9 Å². The number of amidine groups is 1. The molecule has 7 heteroatoms. The number of nitrogens with two attached hydrogens (primary N) is 1. The lowest BCUT2D eigenvalue weighted by molar-refractivity contribution is 0.618. The molecule has 0 bridgehead atoms. The highest BCUT2D eigenvalue weighted by Gasteiger charge is 2.08. The second kappa shape index (κ2) is 3.76. The van der Waals surface area contributed by atoms with Crippen LogP contribution in [0.15, 0.2) is 17.6 Å². The van der Waals surface area contributed by atoms with Crippen molar-refractivity contribution in [3.05, 3.63) is 12.7 Å². The Labute approximate surface area is 92.6 Å². The highest BCUT2D eigenvalue weighted by atomic mass is 15.3. The molecule has 2 rings (SSSR count). The van der Waals surface area contributed by atoms with E-state index in [4.69, 9.17) is 5.84 Å². The molecule has 0 fully saturated rings. The van der Waals surface area contributed by atoms with E-state index in [2.05, 4.69) is 19.9 Å². The third kappa shape index (κ3) is 1.67. The van der Waals surface area contributed by atoms with Gasteiger partial charge in [-0.2, -0.15) is 0 Å². The minimum absolute atomic E-state index is 0.528. The van der Waals surface area contributed by atoms with Crippen molar-refractivity contribution < 1.29 is 0 Å². The summed E-state index contributed by atoms with van der Waals surface area (Å²) in [5.74, 6) is 7.01. The molecule has 7 nitrogen and oxygen atoms in total. The molecule has 2 heterocycles. The highest BCUT2D eigenvalue weighted by molar-refractivity contribution is 5.88. The Kier molecular flexibility index (Phi) is 2.43. The third-order valence-corrected chi connectivity index (χ3v) is 2.25. The van der Waals surface area contributed by atoms with Crippen LogP contribution in [0.3, 0.4) is 0 Å². The van der Waals surface area contributed by atoms with Gasteiger partial charge in [0.15, 0.2) is 17.0 Å². The predicted molar refractivity (Wildman–Crippen MR) is 61.9 cm³/mol. The summed E-state index contributed by atoms with van der Waals surface area (Å²) in [6, 6.07) is 0. The Hall–Kier alpha value is -2.18. The van der Waals surface area contributed by atoms with Crippen LogP contribution in [0.25, 0.3) is 11.2 Å². The number of aromatic nitrogens is 4. The SMILES string of the molecule is CC(=Nc1ncnc2c1ncn2N)N(C)C. The number of imidazole rings is 1. The van der Waals surface area contributed by atoms with E-state index in [0.29, 0.717) is 17.0 Å². The quantitative estimate of drug-likeness (QED) is 0.419. The molecule has 0 aliphatic heterocycles. The summed E-state index contributed by atoms with van der Waals surface area (Å²) in [6.45, 7) is 1.90. The van der Waals surface area contributed by atoms with Gasteiger partial charge in [-0.3, -0.25) is 0 Å². The molecule has 0 aromatic carbocycles. The van der Waals surface area contributed by atoms with Crippen LogP contribution in [0.2, 0.25) is 0 Å². The van der Waals surface area contributed by atoms with Crippen LogP contribution in [-0.2, 0) is 0 Å². The molecular weight excluding hydrogens is 206 g/mol. The maximum absolute atomic E-state index is 5.64. The minimum atomic E-state index is 0.528. The number of aliphatic imine (C=N–C) groups is 1. The second-order valence-corrected chi connectivity index (χ2v) is 3.57. The van der Waals surface area contributed by atoms with Crippen LogP contribution in [0.4, 0.5) is 5.82 Å². The summed E-state index contributed by atoms with van der Waals surface area (Å²) in [5, 5.41) is 0. The van der Waals surface area contributed by atoms with Crippen molar-refractivity contribution in [2.75, 3.05) is 19.9 Å². The van der Waals surface area contributed by atoms with Crippen LogP contribution in [0, 0.1) is 0 Å². The fraction of sp³-hybridized carbons (Fsp3) is 0.333.